The summed E-state index contributed by atoms with van der Waals surface area (Å²) >= 11 is 0. The molecule has 0 spiro atoms. The third-order valence-corrected chi connectivity index (χ3v) is 6.37. The molecule has 21 heteroatoms. The molecule has 55 heavy (non-hydrogen) atoms. The zero-order chi connectivity index (χ0) is 40.7. The molecule has 0 bridgehead atoms. The number of nitrogen functional groups attached to an aromatic ring is 2. The zero-order valence-corrected chi connectivity index (χ0v) is 29.1. The molecule has 0 aliphatic rings. The van der Waals surface area contributed by atoms with Crippen molar-refractivity contribution in [1.82, 2.24) is 9.97 Å². The van der Waals surface area contributed by atoms with Gasteiger partial charge in [0.1, 0.15) is 36.3 Å². The zero-order valence-electron chi connectivity index (χ0n) is 29.1. The van der Waals surface area contributed by atoms with E-state index in [1.807, 2.05) is 48.5 Å². The lowest BCUT2D eigenvalue weighted by molar-refractivity contribution is -0.193. The number of aromatic nitrogens is 2. The van der Waals surface area contributed by atoms with Gasteiger partial charge in [0, 0.05) is 10.8 Å². The van der Waals surface area contributed by atoms with Crippen LogP contribution in [-0.2, 0) is 33.3 Å². The molecule has 0 unspecified atom stereocenters. The van der Waals surface area contributed by atoms with Crippen LogP contribution in [0.2, 0.25) is 0 Å². The number of aliphatic carboxylic acids is 2. The molecule has 0 aliphatic heterocycles. The van der Waals surface area contributed by atoms with Crippen molar-refractivity contribution in [2.75, 3.05) is 90.7 Å². The molecule has 15 nitrogen and oxygen atoms in total. The van der Waals surface area contributed by atoms with Gasteiger partial charge in [-0.25, -0.2) is 19.6 Å². The molecule has 4 aromatic rings. The van der Waals surface area contributed by atoms with Crippen molar-refractivity contribution in [3.63, 3.8) is 0 Å². The Hall–Kier alpha value is -5.22. The number of alkyl halides is 6. The number of carboxylic acids is 2. The topological polar surface area (TPSA) is 217 Å². The van der Waals surface area contributed by atoms with Crippen molar-refractivity contribution in [1.29, 1.82) is 0 Å². The molecule has 0 saturated heterocycles. The van der Waals surface area contributed by atoms with Crippen LogP contribution in [0.25, 0.3) is 21.8 Å². The van der Waals surface area contributed by atoms with Crippen molar-refractivity contribution >= 4 is 45.4 Å². The van der Waals surface area contributed by atoms with Crippen LogP contribution in [0.15, 0.2) is 60.7 Å². The van der Waals surface area contributed by atoms with Crippen LogP contribution in [0, 0.1) is 0 Å². The predicted octanol–water partition coefficient (Wildman–Crippen LogP) is 4.75. The van der Waals surface area contributed by atoms with E-state index < -0.39 is 24.3 Å². The van der Waals surface area contributed by atoms with E-state index in [9.17, 15) is 26.3 Å². The number of ether oxygens (including phenoxy) is 7. The normalized spacial score (nSPS) is 11.3. The third kappa shape index (κ3) is 19.1. The first kappa shape index (κ1) is 45.9. The second kappa shape index (κ2) is 24.2. The number of rotatable bonds is 20. The van der Waals surface area contributed by atoms with E-state index in [-0.39, 0.29) is 0 Å². The largest absolute Gasteiger partial charge is 0.490 e. The lowest BCUT2D eigenvalue weighted by atomic mass is 10.2. The smallest absolute Gasteiger partial charge is 0.490 e. The SMILES string of the molecule is Nc1ccc2c(OCCOCCOCCOCCOCCOCCOc3cccc4nc(N)ccc34)cccc2n1.O=C(O)C(F)(F)F.O=C(O)C(F)(F)F. The number of carboxylic acid groups (broad SMARTS) is 2. The fourth-order valence-electron chi connectivity index (χ4n) is 3.94. The van der Waals surface area contributed by atoms with E-state index in [0.29, 0.717) is 90.9 Å². The second-order valence-corrected chi connectivity index (χ2v) is 10.5. The highest BCUT2D eigenvalue weighted by atomic mass is 19.4. The maximum atomic E-state index is 10.6. The summed E-state index contributed by atoms with van der Waals surface area (Å²) in [5, 5.41) is 16.1. The van der Waals surface area contributed by atoms with Crippen molar-refractivity contribution in [2.45, 2.75) is 12.4 Å². The monoisotopic (exact) mass is 794 g/mol. The molecule has 0 atom stereocenters. The van der Waals surface area contributed by atoms with Gasteiger partial charge in [-0.1, -0.05) is 12.1 Å². The van der Waals surface area contributed by atoms with Crippen LogP contribution < -0.4 is 20.9 Å². The van der Waals surface area contributed by atoms with Crippen molar-refractivity contribution < 1.29 is 79.3 Å². The molecule has 2 aromatic carbocycles. The Morgan fingerprint density at radius 1 is 0.491 bits per heavy atom. The molecule has 0 fully saturated rings. The van der Waals surface area contributed by atoms with Gasteiger partial charge in [0.05, 0.1) is 77.1 Å². The van der Waals surface area contributed by atoms with Crippen LogP contribution in [0.4, 0.5) is 38.0 Å². The minimum atomic E-state index is -5.08. The summed E-state index contributed by atoms with van der Waals surface area (Å²) in [6.07, 6.45) is -10.2. The Balaban J connectivity index is 0.000000633. The Kier molecular flexibility index (Phi) is 20.2. The van der Waals surface area contributed by atoms with Crippen LogP contribution in [0.1, 0.15) is 0 Å². The molecule has 4 rings (SSSR count). The summed E-state index contributed by atoms with van der Waals surface area (Å²) in [5.41, 5.74) is 13.1. The van der Waals surface area contributed by atoms with E-state index in [4.69, 9.17) is 64.4 Å². The number of benzene rings is 2. The van der Waals surface area contributed by atoms with Gasteiger partial charge in [0.15, 0.2) is 0 Å². The van der Waals surface area contributed by atoms with Gasteiger partial charge in [-0.2, -0.15) is 26.3 Å². The summed E-state index contributed by atoms with van der Waals surface area (Å²) in [5.74, 6) is -3.02. The number of fused-ring (bicyclic) bond motifs is 2. The molecule has 0 aliphatic carbocycles. The van der Waals surface area contributed by atoms with Gasteiger partial charge in [-0.05, 0) is 48.5 Å². The van der Waals surface area contributed by atoms with E-state index in [0.717, 1.165) is 33.3 Å². The highest BCUT2D eigenvalue weighted by Crippen LogP contribution is 2.26. The third-order valence-electron chi connectivity index (χ3n) is 6.37. The number of nitrogens with two attached hydrogens (primary N) is 2. The number of halogens is 6. The number of carbonyl (C=O) groups is 2. The Morgan fingerprint density at radius 2 is 0.764 bits per heavy atom. The molecule has 0 amide bonds. The average molecular weight is 795 g/mol. The molecular formula is C34H40F6N4O11. The highest BCUT2D eigenvalue weighted by Gasteiger charge is 2.38. The van der Waals surface area contributed by atoms with Gasteiger partial charge in [0.25, 0.3) is 0 Å². The molecular weight excluding hydrogens is 754 g/mol. The Morgan fingerprint density at radius 3 is 1.04 bits per heavy atom. The van der Waals surface area contributed by atoms with Gasteiger partial charge in [0.2, 0.25) is 0 Å². The number of pyridine rings is 2. The number of anilines is 2. The van der Waals surface area contributed by atoms with Gasteiger partial charge >= 0.3 is 24.3 Å². The van der Waals surface area contributed by atoms with Crippen LogP contribution in [-0.4, -0.2) is 124 Å². The summed E-state index contributed by atoms with van der Waals surface area (Å²) in [4.78, 5) is 26.4. The number of nitrogens with zero attached hydrogens (tertiary/aromatic N) is 2. The number of hydrogen-bond acceptors (Lipinski definition) is 13. The molecule has 2 aromatic heterocycles. The standard InChI is InChI=1S/C30H38N4O7.2C2HF3O2/c31-29-9-7-23-25(33-29)3-1-5-27(23)40-21-19-38-17-15-36-13-11-35-12-14-37-16-18-39-20-22-41-28-6-2-4-26-24(28)8-10-30(32)34-26;2*3-2(4,5)1(6)7/h1-10H,11-22H2,(H2,31,33)(H2,32,34);2*(H,6,7). The summed E-state index contributed by atoms with van der Waals surface area (Å²) in [6.45, 7) is 5.73. The Labute approximate surface area is 310 Å². The van der Waals surface area contributed by atoms with Gasteiger partial charge in [-0.15, -0.1) is 0 Å². The summed E-state index contributed by atoms with van der Waals surface area (Å²) in [7, 11) is 0. The Bertz CT molecular complexity index is 1620. The van der Waals surface area contributed by atoms with Crippen molar-refractivity contribution in [3.05, 3.63) is 60.7 Å². The quantitative estimate of drug-likeness (QED) is 0.0701. The van der Waals surface area contributed by atoms with E-state index in [2.05, 4.69) is 9.97 Å². The lowest BCUT2D eigenvalue weighted by Gasteiger charge is -2.10. The van der Waals surface area contributed by atoms with E-state index in [1.165, 1.54) is 0 Å². The van der Waals surface area contributed by atoms with Crippen molar-refractivity contribution in [3.8, 4) is 11.5 Å². The maximum absolute atomic E-state index is 10.6. The van der Waals surface area contributed by atoms with Crippen LogP contribution in [0.5, 0.6) is 11.5 Å². The minimum Gasteiger partial charge on any atom is -0.490 e. The fraction of sp³-hybridized carbons (Fsp3) is 0.412. The molecule has 2 heterocycles. The first-order valence-electron chi connectivity index (χ1n) is 16.1. The van der Waals surface area contributed by atoms with Gasteiger partial charge in [-0.3, -0.25) is 0 Å². The van der Waals surface area contributed by atoms with E-state index in [1.54, 1.807) is 12.1 Å². The van der Waals surface area contributed by atoms with Crippen molar-refractivity contribution in [2.24, 2.45) is 0 Å². The molecule has 6 N–H and O–H groups in total. The molecule has 0 radical (unpaired) electrons. The molecule has 0 saturated carbocycles. The minimum absolute atomic E-state index is 0.435. The maximum Gasteiger partial charge on any atom is 0.490 e. The molecule has 304 valence electrons. The first-order valence-corrected chi connectivity index (χ1v) is 16.1. The van der Waals surface area contributed by atoms with E-state index >= 15 is 0 Å². The lowest BCUT2D eigenvalue weighted by Crippen LogP contribution is -2.21. The van der Waals surface area contributed by atoms with Crippen LogP contribution >= 0.6 is 0 Å². The average Bonchev–Trinajstić information content (AvgIpc) is 3.12. The van der Waals surface area contributed by atoms with Crippen LogP contribution in [0.3, 0.4) is 0 Å². The summed E-state index contributed by atoms with van der Waals surface area (Å²) in [6, 6.07) is 18.8. The summed E-state index contributed by atoms with van der Waals surface area (Å²) < 4.78 is 103. The number of hydrogen-bond donors (Lipinski definition) is 4. The first-order chi connectivity index (χ1) is 26.1. The van der Waals surface area contributed by atoms with Gasteiger partial charge < -0.3 is 54.8 Å². The fourth-order valence-corrected chi connectivity index (χ4v) is 3.94. The second-order valence-electron chi connectivity index (χ2n) is 10.5. The highest BCUT2D eigenvalue weighted by molar-refractivity contribution is 5.87. The predicted molar refractivity (Wildman–Crippen MR) is 185 cm³/mol.